The fraction of sp³-hybridized carbons (Fsp3) is 0.800. The average molecular weight is 495 g/mol. The van der Waals surface area contributed by atoms with Crippen LogP contribution in [0.3, 0.4) is 0 Å². The SMILES string of the molecule is CC(C)CC(C)CC(C)CC(C)CC(C)CC(C)CC(C)CC(C)OS(=O)(=O)c1ccccc1. The largest absolute Gasteiger partial charge is 0.297 e. The maximum atomic E-state index is 12.5. The molecule has 0 aliphatic carbocycles. The summed E-state index contributed by atoms with van der Waals surface area (Å²) in [6.07, 6.45) is 8.12. The van der Waals surface area contributed by atoms with Crippen molar-refractivity contribution < 1.29 is 12.6 Å². The van der Waals surface area contributed by atoms with E-state index in [1.807, 2.05) is 13.0 Å². The zero-order chi connectivity index (χ0) is 25.9. The van der Waals surface area contributed by atoms with Crippen molar-refractivity contribution in [2.75, 3.05) is 0 Å². The van der Waals surface area contributed by atoms with Gasteiger partial charge < -0.3 is 0 Å². The van der Waals surface area contributed by atoms with Crippen molar-refractivity contribution in [2.24, 2.45) is 41.4 Å². The van der Waals surface area contributed by atoms with Crippen LogP contribution in [0.25, 0.3) is 0 Å². The summed E-state index contributed by atoms with van der Waals surface area (Å²) in [5.41, 5.74) is 0. The van der Waals surface area contributed by atoms with Crippen molar-refractivity contribution in [3.63, 3.8) is 0 Å². The Balaban J connectivity index is 2.36. The Hall–Kier alpha value is -0.870. The van der Waals surface area contributed by atoms with E-state index in [1.54, 1.807) is 24.3 Å². The highest BCUT2D eigenvalue weighted by atomic mass is 32.2. The topological polar surface area (TPSA) is 43.4 Å². The molecular formula is C30H54O3S. The van der Waals surface area contributed by atoms with Crippen LogP contribution in [0.5, 0.6) is 0 Å². The third-order valence-corrected chi connectivity index (χ3v) is 8.39. The fourth-order valence-corrected chi connectivity index (χ4v) is 7.39. The van der Waals surface area contributed by atoms with E-state index in [0.717, 1.165) is 42.4 Å². The third kappa shape index (κ3) is 13.3. The zero-order valence-electron chi connectivity index (χ0n) is 23.6. The van der Waals surface area contributed by atoms with Crippen LogP contribution in [0.4, 0.5) is 0 Å². The zero-order valence-corrected chi connectivity index (χ0v) is 24.4. The van der Waals surface area contributed by atoms with Crippen molar-refractivity contribution in [2.45, 2.75) is 118 Å². The lowest BCUT2D eigenvalue weighted by molar-refractivity contribution is 0.183. The second-order valence-electron chi connectivity index (χ2n) is 12.3. The molecule has 0 fully saturated rings. The van der Waals surface area contributed by atoms with E-state index >= 15 is 0 Å². The normalized spacial score (nSPS) is 18.8. The van der Waals surface area contributed by atoms with Crippen LogP contribution < -0.4 is 0 Å². The van der Waals surface area contributed by atoms with Crippen molar-refractivity contribution in [3.05, 3.63) is 30.3 Å². The van der Waals surface area contributed by atoms with Gasteiger partial charge in [0.1, 0.15) is 0 Å². The molecule has 0 spiro atoms. The highest BCUT2D eigenvalue weighted by Gasteiger charge is 2.22. The van der Waals surface area contributed by atoms with Gasteiger partial charge >= 0.3 is 0 Å². The lowest BCUT2D eigenvalue weighted by atomic mass is 9.81. The number of hydrogen-bond donors (Lipinski definition) is 0. The van der Waals surface area contributed by atoms with Crippen molar-refractivity contribution in [3.8, 4) is 0 Å². The molecule has 0 saturated carbocycles. The predicted octanol–water partition coefficient (Wildman–Crippen LogP) is 8.98. The minimum Gasteiger partial charge on any atom is -0.263 e. The molecule has 0 aromatic heterocycles. The van der Waals surface area contributed by atoms with Crippen molar-refractivity contribution in [1.29, 1.82) is 0 Å². The molecule has 0 aliphatic heterocycles. The van der Waals surface area contributed by atoms with E-state index in [2.05, 4.69) is 55.4 Å². The predicted molar refractivity (Wildman–Crippen MR) is 146 cm³/mol. The highest BCUT2D eigenvalue weighted by Crippen LogP contribution is 2.30. The first-order valence-corrected chi connectivity index (χ1v) is 15.2. The van der Waals surface area contributed by atoms with Gasteiger partial charge in [0.25, 0.3) is 10.1 Å². The van der Waals surface area contributed by atoms with Gasteiger partial charge in [-0.1, -0.05) is 73.6 Å². The molecule has 3 nitrogen and oxygen atoms in total. The average Bonchev–Trinajstić information content (AvgIpc) is 2.66. The van der Waals surface area contributed by atoms with Gasteiger partial charge in [-0.15, -0.1) is 0 Å². The Morgan fingerprint density at radius 3 is 1.29 bits per heavy atom. The quantitative estimate of drug-likeness (QED) is 0.203. The summed E-state index contributed by atoms with van der Waals surface area (Å²) in [6, 6.07) is 8.43. The smallest absolute Gasteiger partial charge is 0.263 e. The van der Waals surface area contributed by atoms with Crippen LogP contribution in [-0.4, -0.2) is 14.5 Å². The molecule has 4 heteroatoms. The Morgan fingerprint density at radius 2 is 0.912 bits per heavy atom. The molecule has 0 heterocycles. The Labute approximate surface area is 212 Å². The molecule has 1 rings (SSSR count). The maximum absolute atomic E-state index is 12.5. The molecule has 1 aromatic carbocycles. The fourth-order valence-electron chi connectivity index (χ4n) is 6.28. The van der Waals surface area contributed by atoms with Gasteiger partial charge in [-0.05, 0) is 105 Å². The van der Waals surface area contributed by atoms with E-state index in [1.165, 1.54) is 32.1 Å². The molecule has 0 amide bonds. The molecular weight excluding hydrogens is 440 g/mol. The van der Waals surface area contributed by atoms with Crippen LogP contribution >= 0.6 is 0 Å². The van der Waals surface area contributed by atoms with Gasteiger partial charge in [0, 0.05) is 0 Å². The van der Waals surface area contributed by atoms with Crippen molar-refractivity contribution >= 4 is 10.1 Å². The van der Waals surface area contributed by atoms with Gasteiger partial charge in [-0.2, -0.15) is 8.42 Å². The molecule has 198 valence electrons. The van der Waals surface area contributed by atoms with Gasteiger partial charge in [0.15, 0.2) is 0 Å². The molecule has 1 aromatic rings. The van der Waals surface area contributed by atoms with Crippen LogP contribution in [0.2, 0.25) is 0 Å². The lowest BCUT2D eigenvalue weighted by Crippen LogP contribution is -2.19. The second kappa shape index (κ2) is 15.3. The molecule has 7 atom stereocenters. The molecule has 0 saturated heterocycles. The molecule has 34 heavy (non-hydrogen) atoms. The first-order valence-electron chi connectivity index (χ1n) is 13.8. The van der Waals surface area contributed by atoms with Gasteiger partial charge in [0.2, 0.25) is 0 Å². The summed E-state index contributed by atoms with van der Waals surface area (Å²) in [6.45, 7) is 20.8. The minimum atomic E-state index is -3.69. The van der Waals surface area contributed by atoms with Crippen LogP contribution in [0.1, 0.15) is 107 Å². The van der Waals surface area contributed by atoms with Crippen LogP contribution in [0, 0.1) is 41.4 Å². The van der Waals surface area contributed by atoms with E-state index in [4.69, 9.17) is 4.18 Å². The molecule has 0 N–H and O–H groups in total. The van der Waals surface area contributed by atoms with E-state index in [9.17, 15) is 8.42 Å². The van der Waals surface area contributed by atoms with Gasteiger partial charge in [-0.3, -0.25) is 4.18 Å². The lowest BCUT2D eigenvalue weighted by Gasteiger charge is -2.26. The van der Waals surface area contributed by atoms with Crippen LogP contribution in [-0.2, 0) is 14.3 Å². The van der Waals surface area contributed by atoms with Crippen LogP contribution in [0.15, 0.2) is 35.2 Å². The minimum absolute atomic E-state index is 0.231. The van der Waals surface area contributed by atoms with Gasteiger partial charge in [-0.25, -0.2) is 0 Å². The Morgan fingerprint density at radius 1 is 0.559 bits per heavy atom. The molecule has 7 unspecified atom stereocenters. The summed E-state index contributed by atoms with van der Waals surface area (Å²) >= 11 is 0. The standard InChI is InChI=1S/C30H54O3S/c1-22(2)15-23(3)16-24(4)17-25(5)18-26(6)19-27(7)20-28(8)21-29(9)33-34(31,32)30-13-11-10-12-14-30/h10-14,22-29H,15-21H2,1-9H3. The molecule has 0 radical (unpaired) electrons. The second-order valence-corrected chi connectivity index (χ2v) is 13.9. The summed E-state index contributed by atoms with van der Waals surface area (Å²) in [4.78, 5) is 0.231. The highest BCUT2D eigenvalue weighted by molar-refractivity contribution is 7.86. The summed E-state index contributed by atoms with van der Waals surface area (Å²) in [7, 11) is -3.69. The molecule has 0 bridgehead atoms. The molecule has 0 aliphatic rings. The van der Waals surface area contributed by atoms with Crippen molar-refractivity contribution in [1.82, 2.24) is 0 Å². The first kappa shape index (κ1) is 31.2. The summed E-state index contributed by atoms with van der Waals surface area (Å²) < 4.78 is 30.4. The summed E-state index contributed by atoms with van der Waals surface area (Å²) in [5, 5.41) is 0. The Kier molecular flexibility index (Phi) is 14.0. The maximum Gasteiger partial charge on any atom is 0.297 e. The van der Waals surface area contributed by atoms with Gasteiger partial charge in [0.05, 0.1) is 11.0 Å². The van der Waals surface area contributed by atoms with E-state index in [0.29, 0.717) is 11.8 Å². The number of benzene rings is 1. The van der Waals surface area contributed by atoms with E-state index < -0.39 is 10.1 Å². The summed E-state index contributed by atoms with van der Waals surface area (Å²) in [5.74, 6) is 5.01. The van der Waals surface area contributed by atoms with E-state index in [-0.39, 0.29) is 11.0 Å². The third-order valence-electron chi connectivity index (χ3n) is 6.95. The Bertz CT molecular complexity index is 759. The number of rotatable bonds is 17. The first-order chi connectivity index (χ1) is 15.8. The monoisotopic (exact) mass is 494 g/mol. The number of hydrogen-bond acceptors (Lipinski definition) is 3.